The Morgan fingerprint density at radius 3 is 2.69 bits per heavy atom. The number of rotatable bonds is 7. The van der Waals surface area contributed by atoms with Gasteiger partial charge in [-0.25, -0.2) is 4.39 Å². The maximum atomic E-state index is 15.4. The van der Waals surface area contributed by atoms with Crippen LogP contribution in [-0.2, 0) is 14.4 Å². The van der Waals surface area contributed by atoms with Crippen molar-refractivity contribution < 1.29 is 23.6 Å². The maximum Gasteiger partial charge on any atom is 0.274 e. The number of carbonyl (C=O) groups is 4. The van der Waals surface area contributed by atoms with Crippen molar-refractivity contribution in [1.82, 2.24) is 15.2 Å². The number of likely N-dealkylation sites (tertiary alicyclic amines) is 1. The summed E-state index contributed by atoms with van der Waals surface area (Å²) in [6, 6.07) is 3.82. The molecule has 8 heteroatoms. The van der Waals surface area contributed by atoms with Crippen LogP contribution in [0.2, 0.25) is 0 Å². The number of H-pyrrole nitrogens is 1. The number of amides is 2. The highest BCUT2D eigenvalue weighted by Crippen LogP contribution is 2.43. The lowest BCUT2D eigenvalue weighted by Gasteiger charge is -2.29. The van der Waals surface area contributed by atoms with Gasteiger partial charge in [0.25, 0.3) is 5.91 Å². The molecule has 2 amide bonds. The van der Waals surface area contributed by atoms with Crippen molar-refractivity contribution in [2.75, 3.05) is 6.54 Å². The number of nitrogens with one attached hydrogen (secondary N) is 2. The van der Waals surface area contributed by atoms with Crippen molar-refractivity contribution in [3.05, 3.63) is 35.3 Å². The second-order valence-electron chi connectivity index (χ2n) is 10.7. The second kappa shape index (κ2) is 9.79. The fourth-order valence-electron chi connectivity index (χ4n) is 6.72. The molecule has 1 saturated heterocycles. The molecule has 1 aromatic carbocycles. The zero-order valence-corrected chi connectivity index (χ0v) is 20.9. The third-order valence-electron chi connectivity index (χ3n) is 8.61. The van der Waals surface area contributed by atoms with Crippen molar-refractivity contribution in [2.45, 2.75) is 77.3 Å². The maximum absolute atomic E-state index is 15.4. The van der Waals surface area contributed by atoms with Crippen LogP contribution in [-0.4, -0.2) is 51.9 Å². The van der Waals surface area contributed by atoms with Gasteiger partial charge in [-0.2, -0.15) is 0 Å². The van der Waals surface area contributed by atoms with Crippen LogP contribution in [0.1, 0.15) is 74.3 Å². The van der Waals surface area contributed by atoms with Gasteiger partial charge in [0.15, 0.2) is 11.6 Å². The van der Waals surface area contributed by atoms with Crippen LogP contribution in [0.3, 0.4) is 0 Å². The largest absolute Gasteiger partial charge is 0.348 e. The van der Waals surface area contributed by atoms with E-state index in [4.69, 9.17) is 0 Å². The van der Waals surface area contributed by atoms with Crippen LogP contribution in [0.15, 0.2) is 18.2 Å². The minimum absolute atomic E-state index is 0.0198. The van der Waals surface area contributed by atoms with Gasteiger partial charge in [-0.15, -0.1) is 0 Å². The van der Waals surface area contributed by atoms with Gasteiger partial charge in [0.1, 0.15) is 17.5 Å². The molecular formula is C28H34FN3O4. The molecule has 0 spiro atoms. The predicted molar refractivity (Wildman–Crippen MR) is 133 cm³/mol. The number of carbonyl (C=O) groups excluding carboxylic acids is 4. The molecule has 5 unspecified atom stereocenters. The normalized spacial score (nSPS) is 26.4. The van der Waals surface area contributed by atoms with E-state index in [1.54, 1.807) is 32.0 Å². The smallest absolute Gasteiger partial charge is 0.274 e. The first-order chi connectivity index (χ1) is 17.3. The number of Topliss-reactive ketones (excluding diaryl/α,β-unsaturated/α-hetero) is 2. The zero-order valence-electron chi connectivity index (χ0n) is 20.9. The highest BCUT2D eigenvalue weighted by molar-refractivity contribution is 6.02. The molecule has 2 N–H and O–H groups in total. The molecule has 3 aliphatic rings. The second-order valence-corrected chi connectivity index (χ2v) is 10.7. The first-order valence-electron chi connectivity index (χ1n) is 13.2. The lowest BCUT2D eigenvalue weighted by molar-refractivity contribution is -0.131. The topological polar surface area (TPSA) is 99.3 Å². The SMILES string of the molecule is CCC(=O)C(CC1CCCC1=O)NC(=O)C1C2CCCC2CN1C(=O)c1[nH]c2cccc(C)c2c1F. The van der Waals surface area contributed by atoms with Crippen LogP contribution < -0.4 is 5.32 Å². The fourth-order valence-corrected chi connectivity index (χ4v) is 6.72. The lowest BCUT2D eigenvalue weighted by atomic mass is 9.91. The van der Waals surface area contributed by atoms with Crippen LogP contribution in [0.5, 0.6) is 0 Å². The number of fused-ring (bicyclic) bond motifs is 2. The number of aromatic amines is 1. The Balaban J connectivity index is 1.42. The summed E-state index contributed by atoms with van der Waals surface area (Å²) < 4.78 is 15.4. The Kier molecular flexibility index (Phi) is 6.70. The van der Waals surface area contributed by atoms with Crippen LogP contribution in [0.4, 0.5) is 4.39 Å². The van der Waals surface area contributed by atoms with Gasteiger partial charge < -0.3 is 15.2 Å². The van der Waals surface area contributed by atoms with Gasteiger partial charge in [0, 0.05) is 36.2 Å². The number of halogens is 1. The summed E-state index contributed by atoms with van der Waals surface area (Å²) in [6.07, 6.45) is 5.35. The Hall–Kier alpha value is -3.03. The first kappa shape index (κ1) is 24.7. The van der Waals surface area contributed by atoms with E-state index in [1.807, 2.05) is 0 Å². The molecule has 5 rings (SSSR count). The average molecular weight is 496 g/mol. The number of benzene rings is 1. The molecule has 2 heterocycles. The number of ketones is 2. The molecular weight excluding hydrogens is 461 g/mol. The van der Waals surface area contributed by atoms with E-state index in [0.717, 1.165) is 37.7 Å². The van der Waals surface area contributed by atoms with Crippen molar-refractivity contribution in [3.63, 3.8) is 0 Å². The molecule has 5 atom stereocenters. The summed E-state index contributed by atoms with van der Waals surface area (Å²) >= 11 is 0. The van der Waals surface area contributed by atoms with Crippen molar-refractivity contribution in [3.8, 4) is 0 Å². The fraction of sp³-hybridized carbons (Fsp3) is 0.571. The molecule has 2 aliphatic carbocycles. The first-order valence-corrected chi connectivity index (χ1v) is 13.2. The lowest BCUT2D eigenvalue weighted by Crippen LogP contribution is -2.53. The number of nitrogens with zero attached hydrogens (tertiary/aromatic N) is 1. The minimum atomic E-state index is -0.761. The molecule has 1 aromatic heterocycles. The minimum Gasteiger partial charge on any atom is -0.348 e. The Bertz CT molecular complexity index is 1220. The number of hydrogen-bond acceptors (Lipinski definition) is 4. The molecule has 0 radical (unpaired) electrons. The Labute approximate surface area is 210 Å². The summed E-state index contributed by atoms with van der Waals surface area (Å²) in [6.45, 7) is 3.93. The zero-order chi connectivity index (χ0) is 25.6. The molecule has 2 saturated carbocycles. The Morgan fingerprint density at radius 1 is 1.19 bits per heavy atom. The summed E-state index contributed by atoms with van der Waals surface area (Å²) in [5.41, 5.74) is 1.15. The van der Waals surface area contributed by atoms with E-state index in [1.165, 1.54) is 4.90 Å². The quantitative estimate of drug-likeness (QED) is 0.605. The van der Waals surface area contributed by atoms with Crippen LogP contribution in [0.25, 0.3) is 10.9 Å². The monoisotopic (exact) mass is 495 g/mol. The van der Waals surface area contributed by atoms with Gasteiger partial charge >= 0.3 is 0 Å². The van der Waals surface area contributed by atoms with E-state index in [0.29, 0.717) is 30.3 Å². The third kappa shape index (κ3) is 4.24. The summed E-state index contributed by atoms with van der Waals surface area (Å²) in [7, 11) is 0. The average Bonchev–Trinajstić information content (AvgIpc) is 3.62. The van der Waals surface area contributed by atoms with E-state index in [2.05, 4.69) is 10.3 Å². The highest BCUT2D eigenvalue weighted by Gasteiger charge is 2.50. The molecule has 3 fully saturated rings. The predicted octanol–water partition coefficient (Wildman–Crippen LogP) is 4.08. The number of aryl methyl sites for hydroxylation is 1. The van der Waals surface area contributed by atoms with Crippen molar-refractivity contribution in [1.29, 1.82) is 0 Å². The van der Waals surface area contributed by atoms with E-state index in [9.17, 15) is 19.2 Å². The van der Waals surface area contributed by atoms with E-state index >= 15 is 4.39 Å². The van der Waals surface area contributed by atoms with Gasteiger partial charge in [0.2, 0.25) is 5.91 Å². The standard InChI is InChI=1S/C28H34FN3O4/c1-3-21(33)20(13-16-8-6-12-22(16)34)31-27(35)26-18-10-5-9-17(18)14-32(26)28(36)25-24(29)23-15(2)7-4-11-19(23)30-25/h4,7,11,16-18,20,26,30H,3,5-6,8-10,12-14H2,1-2H3,(H,31,35). The van der Waals surface area contributed by atoms with Gasteiger partial charge in [-0.3, -0.25) is 19.2 Å². The summed E-state index contributed by atoms with van der Waals surface area (Å²) in [5, 5.41) is 3.30. The number of aromatic nitrogens is 1. The van der Waals surface area contributed by atoms with E-state index in [-0.39, 0.29) is 47.3 Å². The molecule has 192 valence electrons. The molecule has 1 aliphatic heterocycles. The van der Waals surface area contributed by atoms with E-state index < -0.39 is 23.8 Å². The molecule has 2 aromatic rings. The van der Waals surface area contributed by atoms with Gasteiger partial charge in [-0.1, -0.05) is 25.5 Å². The van der Waals surface area contributed by atoms with Crippen molar-refractivity contribution in [2.24, 2.45) is 17.8 Å². The van der Waals surface area contributed by atoms with Gasteiger partial charge in [-0.05, 0) is 62.5 Å². The number of hydrogen-bond donors (Lipinski definition) is 2. The molecule has 0 bridgehead atoms. The van der Waals surface area contributed by atoms with Crippen molar-refractivity contribution >= 4 is 34.3 Å². The third-order valence-corrected chi connectivity index (χ3v) is 8.61. The van der Waals surface area contributed by atoms with Crippen LogP contribution >= 0.6 is 0 Å². The van der Waals surface area contributed by atoms with Gasteiger partial charge in [0.05, 0.1) is 6.04 Å². The summed E-state index contributed by atoms with van der Waals surface area (Å²) in [5.74, 6) is -1.51. The molecule has 36 heavy (non-hydrogen) atoms. The Morgan fingerprint density at radius 2 is 2.00 bits per heavy atom. The summed E-state index contributed by atoms with van der Waals surface area (Å²) in [4.78, 5) is 56.7. The van der Waals surface area contributed by atoms with Crippen LogP contribution in [0, 0.1) is 30.5 Å². The molecule has 7 nitrogen and oxygen atoms in total. The highest BCUT2D eigenvalue weighted by atomic mass is 19.1.